The minimum absolute atomic E-state index is 0.148. The number of hydrogen-bond acceptors (Lipinski definition) is 1. The van der Waals surface area contributed by atoms with E-state index in [1.54, 1.807) is 7.11 Å². The monoisotopic (exact) mass is 178 g/mol. The number of ether oxygens (including phenoxy) is 1. The summed E-state index contributed by atoms with van der Waals surface area (Å²) >= 11 is 0. The second-order valence-electron chi connectivity index (χ2n) is 3.71. The molecule has 0 heterocycles. The van der Waals surface area contributed by atoms with Gasteiger partial charge in [0.25, 0.3) is 0 Å². The Hall–Kier alpha value is -0.740. The fourth-order valence-electron chi connectivity index (χ4n) is 2.28. The summed E-state index contributed by atoms with van der Waals surface area (Å²) in [5, 5.41) is 0. The van der Waals surface area contributed by atoms with Crippen molar-refractivity contribution in [1.29, 1.82) is 0 Å². The SMILES string of the molecule is C#CC[C@@H]1CCCC[C@]1(C=C)OC. The van der Waals surface area contributed by atoms with E-state index >= 15 is 0 Å². The maximum absolute atomic E-state index is 5.58. The van der Waals surface area contributed by atoms with Crippen LogP contribution in [-0.2, 0) is 4.74 Å². The lowest BCUT2D eigenvalue weighted by Crippen LogP contribution is -2.40. The van der Waals surface area contributed by atoms with E-state index in [0.717, 1.165) is 12.8 Å². The van der Waals surface area contributed by atoms with Crippen LogP contribution >= 0.6 is 0 Å². The van der Waals surface area contributed by atoms with Crippen LogP contribution in [0.25, 0.3) is 0 Å². The highest BCUT2D eigenvalue weighted by atomic mass is 16.5. The smallest absolute Gasteiger partial charge is 0.0893 e. The van der Waals surface area contributed by atoms with Crippen molar-refractivity contribution in [2.75, 3.05) is 7.11 Å². The van der Waals surface area contributed by atoms with E-state index in [2.05, 4.69) is 12.5 Å². The van der Waals surface area contributed by atoms with Gasteiger partial charge in [-0.15, -0.1) is 18.9 Å². The topological polar surface area (TPSA) is 9.23 Å². The first-order chi connectivity index (χ1) is 6.29. The van der Waals surface area contributed by atoms with E-state index < -0.39 is 0 Å². The summed E-state index contributed by atoms with van der Waals surface area (Å²) in [5.74, 6) is 3.20. The third-order valence-electron chi connectivity index (χ3n) is 3.15. The van der Waals surface area contributed by atoms with Gasteiger partial charge in [0.05, 0.1) is 5.60 Å². The van der Waals surface area contributed by atoms with Gasteiger partial charge in [0.2, 0.25) is 0 Å². The maximum Gasteiger partial charge on any atom is 0.0893 e. The average molecular weight is 178 g/mol. The first-order valence-corrected chi connectivity index (χ1v) is 4.91. The second-order valence-corrected chi connectivity index (χ2v) is 3.71. The van der Waals surface area contributed by atoms with Gasteiger partial charge in [-0.2, -0.15) is 0 Å². The lowest BCUT2D eigenvalue weighted by molar-refractivity contribution is -0.0419. The van der Waals surface area contributed by atoms with Gasteiger partial charge in [-0.05, 0) is 12.8 Å². The van der Waals surface area contributed by atoms with Crippen molar-refractivity contribution < 1.29 is 4.74 Å². The molecule has 0 aliphatic heterocycles. The Bertz CT molecular complexity index is 214. The number of hydrogen-bond donors (Lipinski definition) is 0. The third-order valence-corrected chi connectivity index (χ3v) is 3.15. The first-order valence-electron chi connectivity index (χ1n) is 4.91. The molecule has 0 radical (unpaired) electrons. The third kappa shape index (κ3) is 1.95. The molecule has 1 saturated carbocycles. The number of rotatable bonds is 3. The fourth-order valence-corrected chi connectivity index (χ4v) is 2.28. The molecular formula is C12H18O. The van der Waals surface area contributed by atoms with Gasteiger partial charge in [-0.1, -0.05) is 18.9 Å². The van der Waals surface area contributed by atoms with Crippen LogP contribution in [0.15, 0.2) is 12.7 Å². The molecule has 72 valence electrons. The predicted molar refractivity (Wildman–Crippen MR) is 55.3 cm³/mol. The summed E-state index contributed by atoms with van der Waals surface area (Å²) in [6.45, 7) is 3.87. The van der Waals surface area contributed by atoms with E-state index in [0.29, 0.717) is 5.92 Å². The van der Waals surface area contributed by atoms with E-state index in [-0.39, 0.29) is 5.60 Å². The van der Waals surface area contributed by atoms with E-state index in [1.165, 1.54) is 19.3 Å². The normalized spacial score (nSPS) is 33.7. The van der Waals surface area contributed by atoms with Crippen LogP contribution in [0, 0.1) is 18.3 Å². The summed E-state index contributed by atoms with van der Waals surface area (Å²) in [4.78, 5) is 0. The summed E-state index contributed by atoms with van der Waals surface area (Å²) in [6.07, 6.45) is 12.8. The molecule has 0 aromatic carbocycles. The van der Waals surface area contributed by atoms with Crippen LogP contribution in [0.1, 0.15) is 32.1 Å². The van der Waals surface area contributed by atoms with Crippen LogP contribution in [0.5, 0.6) is 0 Å². The number of methoxy groups -OCH3 is 1. The molecule has 1 aliphatic rings. The van der Waals surface area contributed by atoms with Crippen molar-refractivity contribution in [2.24, 2.45) is 5.92 Å². The maximum atomic E-state index is 5.58. The van der Waals surface area contributed by atoms with Crippen molar-refractivity contribution in [3.8, 4) is 12.3 Å². The molecule has 0 aromatic rings. The Morgan fingerprint density at radius 1 is 1.69 bits per heavy atom. The largest absolute Gasteiger partial charge is 0.374 e. The molecular weight excluding hydrogens is 160 g/mol. The molecule has 1 nitrogen and oxygen atoms in total. The second kappa shape index (κ2) is 4.48. The average Bonchev–Trinajstić information content (AvgIpc) is 2.20. The quantitative estimate of drug-likeness (QED) is 0.477. The Balaban J connectivity index is 2.76. The van der Waals surface area contributed by atoms with E-state index in [4.69, 9.17) is 11.2 Å². The van der Waals surface area contributed by atoms with Crippen molar-refractivity contribution in [3.63, 3.8) is 0 Å². The number of terminal acetylenes is 1. The summed E-state index contributed by atoms with van der Waals surface area (Å²) in [6, 6.07) is 0. The predicted octanol–water partition coefficient (Wildman–Crippen LogP) is 2.77. The van der Waals surface area contributed by atoms with E-state index in [9.17, 15) is 0 Å². The molecule has 0 unspecified atom stereocenters. The highest BCUT2D eigenvalue weighted by Crippen LogP contribution is 2.38. The summed E-state index contributed by atoms with van der Waals surface area (Å²) in [7, 11) is 1.76. The Morgan fingerprint density at radius 2 is 2.46 bits per heavy atom. The highest BCUT2D eigenvalue weighted by molar-refractivity contribution is 5.07. The Labute approximate surface area is 81.2 Å². The van der Waals surface area contributed by atoms with Crippen LogP contribution in [0.4, 0.5) is 0 Å². The van der Waals surface area contributed by atoms with Gasteiger partial charge >= 0.3 is 0 Å². The van der Waals surface area contributed by atoms with Gasteiger partial charge < -0.3 is 4.74 Å². The molecule has 1 rings (SSSR count). The lowest BCUT2D eigenvalue weighted by atomic mass is 9.74. The van der Waals surface area contributed by atoms with Crippen LogP contribution < -0.4 is 0 Å². The molecule has 1 aliphatic carbocycles. The van der Waals surface area contributed by atoms with E-state index in [1.807, 2.05) is 6.08 Å². The standard InChI is InChI=1S/C12H18O/c1-4-8-11-9-6-7-10-12(11,5-2)13-3/h1,5,11H,2,6-10H2,3H3/t11-,12+/m1/s1. The molecule has 1 heteroatoms. The van der Waals surface area contributed by atoms with Crippen molar-refractivity contribution in [3.05, 3.63) is 12.7 Å². The molecule has 0 N–H and O–H groups in total. The zero-order valence-electron chi connectivity index (χ0n) is 8.38. The zero-order chi connectivity index (χ0) is 9.73. The minimum atomic E-state index is -0.148. The van der Waals surface area contributed by atoms with Crippen molar-refractivity contribution >= 4 is 0 Å². The van der Waals surface area contributed by atoms with Gasteiger partial charge in [-0.3, -0.25) is 0 Å². The molecule has 2 atom stereocenters. The zero-order valence-corrected chi connectivity index (χ0v) is 8.38. The molecule has 0 aromatic heterocycles. The Kier molecular flexibility index (Phi) is 3.57. The summed E-state index contributed by atoms with van der Waals surface area (Å²) < 4.78 is 5.58. The minimum Gasteiger partial charge on any atom is -0.374 e. The van der Waals surface area contributed by atoms with Gasteiger partial charge in [0.15, 0.2) is 0 Å². The molecule has 1 fully saturated rings. The molecule has 0 amide bonds. The summed E-state index contributed by atoms with van der Waals surface area (Å²) in [5.41, 5.74) is -0.148. The van der Waals surface area contributed by atoms with Crippen molar-refractivity contribution in [1.82, 2.24) is 0 Å². The molecule has 0 bridgehead atoms. The van der Waals surface area contributed by atoms with Crippen LogP contribution in [-0.4, -0.2) is 12.7 Å². The van der Waals surface area contributed by atoms with Crippen molar-refractivity contribution in [2.45, 2.75) is 37.7 Å². The van der Waals surface area contributed by atoms with Gasteiger partial charge in [0.1, 0.15) is 0 Å². The lowest BCUT2D eigenvalue weighted by Gasteiger charge is -2.40. The van der Waals surface area contributed by atoms with Gasteiger partial charge in [-0.25, -0.2) is 0 Å². The molecule has 0 spiro atoms. The van der Waals surface area contributed by atoms with Crippen LogP contribution in [0.2, 0.25) is 0 Å². The van der Waals surface area contributed by atoms with Gasteiger partial charge in [0, 0.05) is 19.4 Å². The highest BCUT2D eigenvalue weighted by Gasteiger charge is 2.37. The molecule has 0 saturated heterocycles. The van der Waals surface area contributed by atoms with Crippen LogP contribution in [0.3, 0.4) is 0 Å². The molecule has 13 heavy (non-hydrogen) atoms. The first kappa shape index (κ1) is 10.3. The fraction of sp³-hybridized carbons (Fsp3) is 0.667. The Morgan fingerprint density at radius 3 is 3.00 bits per heavy atom.